The van der Waals surface area contributed by atoms with Crippen LogP contribution in [-0.4, -0.2) is 70.2 Å². The number of rotatable bonds is 6. The lowest BCUT2D eigenvalue weighted by atomic mass is 9.89. The maximum Gasteiger partial charge on any atom is 0.434 e. The quantitative estimate of drug-likeness (QED) is 0.340. The summed E-state index contributed by atoms with van der Waals surface area (Å²) in [6.45, 7) is -0.485. The number of aliphatic hydroxyl groups is 2. The second kappa shape index (κ2) is 8.79. The fourth-order valence-corrected chi connectivity index (χ4v) is 3.66. The molecule has 3 heterocycles. The van der Waals surface area contributed by atoms with Gasteiger partial charge in [0.25, 0.3) is 23.3 Å². The molecule has 0 saturated carbocycles. The number of carbonyl (C=O) groups excluding carboxylic acids is 3. The van der Waals surface area contributed by atoms with Gasteiger partial charge < -0.3 is 25.6 Å². The van der Waals surface area contributed by atoms with Crippen LogP contribution in [0.3, 0.4) is 0 Å². The van der Waals surface area contributed by atoms with Gasteiger partial charge in [-0.2, -0.15) is 0 Å². The normalized spacial score (nSPS) is 19.2. The van der Waals surface area contributed by atoms with E-state index in [9.17, 15) is 23.9 Å². The number of aliphatic hydroxyl groups excluding tert-OH is 2. The van der Waals surface area contributed by atoms with E-state index in [1.807, 2.05) is 0 Å². The Morgan fingerprint density at radius 3 is 2.64 bits per heavy atom. The summed E-state index contributed by atoms with van der Waals surface area (Å²) in [6.07, 6.45) is 1.86. The van der Waals surface area contributed by atoms with Gasteiger partial charge in [0.15, 0.2) is 17.0 Å². The first-order valence-electron chi connectivity index (χ1n) is 10.0. The summed E-state index contributed by atoms with van der Waals surface area (Å²) >= 11 is 0. The molecule has 3 aliphatic rings. The second-order valence-electron chi connectivity index (χ2n) is 7.32. The number of amides is 3. The van der Waals surface area contributed by atoms with E-state index in [4.69, 9.17) is 9.84 Å². The largest absolute Gasteiger partial charge is 0.504 e. The van der Waals surface area contributed by atoms with Gasteiger partial charge in [-0.15, -0.1) is 4.58 Å². The van der Waals surface area contributed by atoms with Crippen LogP contribution in [0.5, 0.6) is 0 Å². The molecule has 1 aromatic carbocycles. The first-order chi connectivity index (χ1) is 15.8. The molecule has 4 rings (SSSR count). The third kappa shape index (κ3) is 3.94. The summed E-state index contributed by atoms with van der Waals surface area (Å²) < 4.78 is 20.2. The Morgan fingerprint density at radius 2 is 1.97 bits per heavy atom. The van der Waals surface area contributed by atoms with Gasteiger partial charge in [-0.3, -0.25) is 9.59 Å². The van der Waals surface area contributed by atoms with Crippen molar-refractivity contribution in [2.24, 2.45) is 4.99 Å². The van der Waals surface area contributed by atoms with E-state index in [1.54, 1.807) is 12.1 Å². The predicted octanol–water partition coefficient (Wildman–Crippen LogP) is -0.393. The van der Waals surface area contributed by atoms with E-state index in [2.05, 4.69) is 15.6 Å². The molecular formula is C22H20FN4O6+. The number of nitrogens with zero attached hydrogens (tertiary/aromatic N) is 2. The summed E-state index contributed by atoms with van der Waals surface area (Å²) in [5.41, 5.74) is 0.814. The van der Waals surface area contributed by atoms with Crippen LogP contribution >= 0.6 is 0 Å². The van der Waals surface area contributed by atoms with E-state index in [0.717, 1.165) is 16.3 Å². The molecule has 0 spiro atoms. The van der Waals surface area contributed by atoms with Gasteiger partial charge in [-0.25, -0.2) is 14.2 Å². The molecule has 3 aliphatic heterocycles. The summed E-state index contributed by atoms with van der Waals surface area (Å²) in [6, 6.07) is 5.78. The number of carbonyl (C=O) groups is 3. The maximum atomic E-state index is 13.3. The standard InChI is InChI=1S/C22H19FN4O6/c1-24-20(30)14-10-27-17-16(18(29)15(22(27)32)21(31)25-6-7-28)26-9-12(19(17)33-14)8-11-2-4-13(23)5-3-11/h2-5,9-10,19,28H,6-8H2,1H3,(H2-,24,25,29,30,31,32)/p+1. The molecule has 170 valence electrons. The number of halogens is 1. The number of ether oxygens (including phenoxy) is 1. The number of likely N-dealkylation sites (N-methyl/N-ethyl adjacent to an activating group) is 1. The molecule has 0 fully saturated rings. The minimum Gasteiger partial charge on any atom is -0.504 e. The van der Waals surface area contributed by atoms with Crippen LogP contribution in [0, 0.1) is 5.82 Å². The SMILES string of the molecule is CNC(=O)C1=C[N+]2=C3C(=NC=C(Cc4ccc(F)cc4)C3O1)C(O)=C(C(=O)NCCO)C2=O. The van der Waals surface area contributed by atoms with Crippen LogP contribution in [0.4, 0.5) is 4.39 Å². The molecule has 0 saturated heterocycles. The van der Waals surface area contributed by atoms with Crippen molar-refractivity contribution in [3.63, 3.8) is 0 Å². The summed E-state index contributed by atoms with van der Waals surface area (Å²) in [5.74, 6) is -3.58. The number of hydrogen-bond donors (Lipinski definition) is 4. The van der Waals surface area contributed by atoms with Crippen molar-refractivity contribution >= 4 is 29.1 Å². The van der Waals surface area contributed by atoms with Crippen LogP contribution in [0.1, 0.15) is 5.56 Å². The average Bonchev–Trinajstić information content (AvgIpc) is 2.82. The Kier molecular flexibility index (Phi) is 5.88. The van der Waals surface area contributed by atoms with Crippen molar-refractivity contribution in [2.75, 3.05) is 20.2 Å². The Morgan fingerprint density at radius 1 is 1.24 bits per heavy atom. The molecule has 3 amide bonds. The number of benzene rings is 1. The smallest absolute Gasteiger partial charge is 0.434 e. The Balaban J connectivity index is 1.82. The highest BCUT2D eigenvalue weighted by Crippen LogP contribution is 2.30. The average molecular weight is 455 g/mol. The van der Waals surface area contributed by atoms with E-state index >= 15 is 0 Å². The van der Waals surface area contributed by atoms with Gasteiger partial charge in [-0.05, 0) is 24.1 Å². The third-order valence-electron chi connectivity index (χ3n) is 5.23. The minimum atomic E-state index is -0.965. The molecule has 0 radical (unpaired) electrons. The minimum absolute atomic E-state index is 0.0520. The fraction of sp³-hybridized carbons (Fsp3) is 0.227. The zero-order chi connectivity index (χ0) is 23.7. The molecule has 4 N–H and O–H groups in total. The number of nitrogens with one attached hydrogen (secondary N) is 2. The molecule has 1 unspecified atom stereocenters. The van der Waals surface area contributed by atoms with Crippen LogP contribution in [0.25, 0.3) is 0 Å². The Labute approximate surface area is 187 Å². The molecule has 0 aliphatic carbocycles. The summed E-state index contributed by atoms with van der Waals surface area (Å²) in [7, 11) is 1.40. The molecule has 10 nitrogen and oxygen atoms in total. The molecule has 11 heteroatoms. The second-order valence-corrected chi connectivity index (χ2v) is 7.32. The number of aliphatic imine (C=N–C) groups is 1. The Hall–Kier alpha value is -4.12. The zero-order valence-electron chi connectivity index (χ0n) is 17.5. The van der Waals surface area contributed by atoms with Crippen molar-refractivity contribution in [1.29, 1.82) is 0 Å². The molecule has 33 heavy (non-hydrogen) atoms. The highest BCUT2D eigenvalue weighted by molar-refractivity contribution is 6.52. The Bertz CT molecular complexity index is 1210. The summed E-state index contributed by atoms with van der Waals surface area (Å²) in [5, 5.41) is 24.4. The highest BCUT2D eigenvalue weighted by Gasteiger charge is 2.52. The van der Waals surface area contributed by atoms with Crippen LogP contribution in [0.15, 0.2) is 64.3 Å². The van der Waals surface area contributed by atoms with Crippen LogP contribution in [-0.2, 0) is 25.5 Å². The molecular weight excluding hydrogens is 435 g/mol. The first-order valence-corrected chi connectivity index (χ1v) is 10.0. The van der Waals surface area contributed by atoms with Crippen molar-refractivity contribution in [3.8, 4) is 0 Å². The lowest BCUT2D eigenvalue weighted by Crippen LogP contribution is -2.52. The molecule has 1 aromatic rings. The van der Waals surface area contributed by atoms with Crippen molar-refractivity contribution < 1.29 is 38.3 Å². The van der Waals surface area contributed by atoms with E-state index in [-0.39, 0.29) is 36.8 Å². The van der Waals surface area contributed by atoms with Crippen LogP contribution in [0.2, 0.25) is 0 Å². The van der Waals surface area contributed by atoms with Crippen molar-refractivity contribution in [1.82, 2.24) is 10.6 Å². The lowest BCUT2D eigenvalue weighted by Gasteiger charge is -2.29. The van der Waals surface area contributed by atoms with Crippen molar-refractivity contribution in [3.05, 3.63) is 70.7 Å². The number of hydrogen-bond acceptors (Lipinski definition) is 7. The number of allylic oxidation sites excluding steroid dienone is 1. The molecule has 1 atom stereocenters. The highest BCUT2D eigenvalue weighted by atomic mass is 19.1. The first kappa shape index (κ1) is 22.1. The van der Waals surface area contributed by atoms with Gasteiger partial charge in [0.05, 0.1) is 6.61 Å². The maximum absolute atomic E-state index is 13.3. The van der Waals surface area contributed by atoms with Crippen molar-refractivity contribution in [2.45, 2.75) is 12.5 Å². The van der Waals surface area contributed by atoms with Gasteiger partial charge >= 0.3 is 5.91 Å². The van der Waals surface area contributed by atoms with E-state index < -0.39 is 41.0 Å². The predicted molar refractivity (Wildman–Crippen MR) is 113 cm³/mol. The zero-order valence-corrected chi connectivity index (χ0v) is 17.5. The van der Waals surface area contributed by atoms with E-state index in [1.165, 1.54) is 25.4 Å². The van der Waals surface area contributed by atoms with Gasteiger partial charge in [-0.1, -0.05) is 12.1 Å². The topological polar surface area (TPSA) is 140 Å². The van der Waals surface area contributed by atoms with Gasteiger partial charge in [0.1, 0.15) is 5.82 Å². The van der Waals surface area contributed by atoms with E-state index in [0.29, 0.717) is 5.57 Å². The summed E-state index contributed by atoms with van der Waals surface area (Å²) in [4.78, 5) is 42.2. The molecule has 0 aromatic heterocycles. The van der Waals surface area contributed by atoms with Gasteiger partial charge in [0.2, 0.25) is 12.3 Å². The fourth-order valence-electron chi connectivity index (χ4n) is 3.66. The third-order valence-corrected chi connectivity index (χ3v) is 5.23. The van der Waals surface area contributed by atoms with Crippen LogP contribution < -0.4 is 10.6 Å². The lowest BCUT2D eigenvalue weighted by molar-refractivity contribution is -0.385. The molecule has 0 bridgehead atoms. The van der Waals surface area contributed by atoms with Gasteiger partial charge in [0, 0.05) is 25.4 Å². The monoisotopic (exact) mass is 455 g/mol.